The second-order valence-electron chi connectivity index (χ2n) is 7.23. The van der Waals surface area contributed by atoms with Crippen molar-refractivity contribution in [2.75, 3.05) is 5.32 Å². The molecule has 1 aromatic carbocycles. The van der Waals surface area contributed by atoms with E-state index in [1.54, 1.807) is 25.2 Å². The maximum Gasteiger partial charge on any atom is 0.356 e. The molecule has 3 heterocycles. The van der Waals surface area contributed by atoms with Crippen molar-refractivity contribution < 1.29 is 14.3 Å². The van der Waals surface area contributed by atoms with Gasteiger partial charge in [-0.3, -0.25) is 9.36 Å². The molecule has 2 N–H and O–H groups in total. The Balaban J connectivity index is 1.87. The Morgan fingerprint density at radius 3 is 2.66 bits per heavy atom. The smallest absolute Gasteiger partial charge is 0.356 e. The highest BCUT2D eigenvalue weighted by atomic mass is 35.5. The van der Waals surface area contributed by atoms with Crippen molar-refractivity contribution in [3.8, 4) is 11.4 Å². The summed E-state index contributed by atoms with van der Waals surface area (Å²) < 4.78 is 16.2. The van der Waals surface area contributed by atoms with Crippen LogP contribution in [0.3, 0.4) is 0 Å². The number of thiophene rings is 1. The standard InChI is InChI=1S/C22H18ClFN4O3S/c1-10(25-14-8-9-15(23)26-17(14)22(30)31)16-11(2)32-19-18(16)27-20(28(3)21(19)29)12-6-4-5-7-13(12)24/h4-10,25H,1-3H3,(H,30,31). The largest absolute Gasteiger partial charge is 0.476 e. The predicted octanol–water partition coefficient (Wildman–Crippen LogP) is 5.03. The minimum Gasteiger partial charge on any atom is -0.476 e. The second kappa shape index (κ2) is 8.33. The van der Waals surface area contributed by atoms with Crippen molar-refractivity contribution in [1.82, 2.24) is 14.5 Å². The first-order valence-corrected chi connectivity index (χ1v) is 10.8. The van der Waals surface area contributed by atoms with E-state index in [1.807, 2.05) is 13.8 Å². The van der Waals surface area contributed by atoms with Crippen molar-refractivity contribution in [1.29, 1.82) is 0 Å². The molecule has 4 aromatic rings. The number of carboxylic acids is 1. The van der Waals surface area contributed by atoms with Crippen LogP contribution < -0.4 is 10.9 Å². The zero-order valence-corrected chi connectivity index (χ0v) is 18.9. The quantitative estimate of drug-likeness (QED) is 0.395. The van der Waals surface area contributed by atoms with Crippen molar-refractivity contribution in [3.63, 3.8) is 0 Å². The van der Waals surface area contributed by atoms with E-state index in [0.29, 0.717) is 10.2 Å². The topological polar surface area (TPSA) is 97.1 Å². The number of pyridine rings is 1. The lowest BCUT2D eigenvalue weighted by atomic mass is 10.1. The lowest BCUT2D eigenvalue weighted by Crippen LogP contribution is -2.20. The molecular formula is C22H18ClFN4O3S. The molecule has 0 radical (unpaired) electrons. The lowest BCUT2D eigenvalue weighted by molar-refractivity contribution is 0.0691. The highest BCUT2D eigenvalue weighted by Crippen LogP contribution is 2.35. The Kier molecular flexibility index (Phi) is 5.70. The van der Waals surface area contributed by atoms with Gasteiger partial charge in [0.2, 0.25) is 0 Å². The van der Waals surface area contributed by atoms with Gasteiger partial charge in [0.1, 0.15) is 21.5 Å². The van der Waals surface area contributed by atoms with Crippen molar-refractivity contribution >= 4 is 44.8 Å². The number of halogens is 2. The van der Waals surface area contributed by atoms with Crippen LogP contribution in [0.1, 0.15) is 33.9 Å². The Hall–Kier alpha value is -3.30. The van der Waals surface area contributed by atoms with Crippen LogP contribution in [-0.2, 0) is 7.05 Å². The summed E-state index contributed by atoms with van der Waals surface area (Å²) in [6.45, 7) is 3.69. The number of nitrogens with zero attached hydrogens (tertiary/aromatic N) is 3. The van der Waals surface area contributed by atoms with Gasteiger partial charge in [0.05, 0.1) is 22.8 Å². The zero-order chi connectivity index (χ0) is 23.2. The molecular weight excluding hydrogens is 455 g/mol. The molecule has 1 atom stereocenters. The van der Waals surface area contributed by atoms with E-state index >= 15 is 0 Å². The Labute approximate surface area is 191 Å². The molecule has 4 rings (SSSR count). The van der Waals surface area contributed by atoms with Gasteiger partial charge < -0.3 is 10.4 Å². The summed E-state index contributed by atoms with van der Waals surface area (Å²) >= 11 is 7.14. The van der Waals surface area contributed by atoms with Crippen LogP contribution in [0.15, 0.2) is 41.2 Å². The van der Waals surface area contributed by atoms with E-state index in [9.17, 15) is 19.1 Å². The number of carbonyl (C=O) groups is 1. The molecule has 1 unspecified atom stereocenters. The van der Waals surface area contributed by atoms with Crippen molar-refractivity contribution in [2.24, 2.45) is 7.05 Å². The van der Waals surface area contributed by atoms with Gasteiger partial charge in [-0.25, -0.2) is 19.2 Å². The fraction of sp³-hybridized carbons (Fsp3) is 0.182. The molecule has 0 aliphatic carbocycles. The summed E-state index contributed by atoms with van der Waals surface area (Å²) in [5.74, 6) is -1.48. The molecule has 0 spiro atoms. The van der Waals surface area contributed by atoms with Crippen LogP contribution in [0.4, 0.5) is 10.1 Å². The van der Waals surface area contributed by atoms with Gasteiger partial charge in [-0.05, 0) is 38.1 Å². The number of rotatable bonds is 5. The number of hydrogen-bond donors (Lipinski definition) is 2. The highest BCUT2D eigenvalue weighted by Gasteiger charge is 2.23. The number of benzene rings is 1. The van der Waals surface area contributed by atoms with Gasteiger partial charge in [0, 0.05) is 17.5 Å². The minimum atomic E-state index is -1.22. The predicted molar refractivity (Wildman–Crippen MR) is 123 cm³/mol. The Morgan fingerprint density at radius 2 is 1.97 bits per heavy atom. The summed E-state index contributed by atoms with van der Waals surface area (Å²) in [6.07, 6.45) is 0. The molecule has 0 aliphatic rings. The number of aromatic nitrogens is 3. The Morgan fingerprint density at radius 1 is 1.25 bits per heavy atom. The molecule has 0 fully saturated rings. The van der Waals surface area contributed by atoms with E-state index in [-0.39, 0.29) is 33.5 Å². The second-order valence-corrected chi connectivity index (χ2v) is 8.84. The molecule has 0 saturated carbocycles. The molecule has 164 valence electrons. The van der Waals surface area contributed by atoms with Crippen LogP contribution in [0.25, 0.3) is 21.6 Å². The number of carboxylic acid groups (broad SMARTS) is 1. The number of aryl methyl sites for hydroxylation is 1. The van der Waals surface area contributed by atoms with E-state index in [4.69, 9.17) is 11.6 Å². The summed E-state index contributed by atoms with van der Waals surface area (Å²) in [6, 6.07) is 8.75. The molecule has 0 aliphatic heterocycles. The van der Waals surface area contributed by atoms with E-state index in [1.165, 1.54) is 34.1 Å². The number of hydrogen-bond acceptors (Lipinski definition) is 6. The maximum atomic E-state index is 14.5. The molecule has 0 saturated heterocycles. The number of nitrogens with one attached hydrogen (secondary N) is 1. The highest BCUT2D eigenvalue weighted by molar-refractivity contribution is 7.19. The molecule has 0 bridgehead atoms. The monoisotopic (exact) mass is 472 g/mol. The van der Waals surface area contributed by atoms with Crippen LogP contribution in [0, 0.1) is 12.7 Å². The molecule has 0 amide bonds. The first kappa shape index (κ1) is 21.9. The van der Waals surface area contributed by atoms with Crippen molar-refractivity contribution in [2.45, 2.75) is 19.9 Å². The van der Waals surface area contributed by atoms with Crippen LogP contribution in [-0.4, -0.2) is 25.6 Å². The van der Waals surface area contributed by atoms with Crippen molar-refractivity contribution in [3.05, 3.63) is 73.9 Å². The average Bonchev–Trinajstić information content (AvgIpc) is 3.08. The summed E-state index contributed by atoms with van der Waals surface area (Å²) in [7, 11) is 1.56. The third kappa shape index (κ3) is 3.74. The average molecular weight is 473 g/mol. The summed E-state index contributed by atoms with van der Waals surface area (Å²) in [5.41, 5.74) is 1.20. The molecule has 10 heteroatoms. The van der Waals surface area contributed by atoms with Crippen LogP contribution >= 0.6 is 22.9 Å². The van der Waals surface area contributed by atoms with Gasteiger partial charge in [-0.1, -0.05) is 23.7 Å². The van der Waals surface area contributed by atoms with E-state index < -0.39 is 17.8 Å². The van der Waals surface area contributed by atoms with E-state index in [0.717, 1.165) is 10.4 Å². The van der Waals surface area contributed by atoms with Gasteiger partial charge in [-0.2, -0.15) is 0 Å². The molecule has 3 aromatic heterocycles. The fourth-order valence-electron chi connectivity index (χ4n) is 3.64. The van der Waals surface area contributed by atoms with Gasteiger partial charge >= 0.3 is 5.97 Å². The third-order valence-corrected chi connectivity index (χ3v) is 6.43. The summed E-state index contributed by atoms with van der Waals surface area (Å²) in [4.78, 5) is 34.0. The maximum absolute atomic E-state index is 14.5. The third-order valence-electron chi connectivity index (χ3n) is 5.12. The minimum absolute atomic E-state index is 0.0671. The van der Waals surface area contributed by atoms with Crippen LogP contribution in [0.2, 0.25) is 5.15 Å². The first-order chi connectivity index (χ1) is 15.2. The lowest BCUT2D eigenvalue weighted by Gasteiger charge is -2.17. The number of aromatic carboxylic acids is 1. The van der Waals surface area contributed by atoms with E-state index in [2.05, 4.69) is 15.3 Å². The fourth-order valence-corrected chi connectivity index (χ4v) is 4.96. The van der Waals surface area contributed by atoms with Crippen LogP contribution in [0.5, 0.6) is 0 Å². The molecule has 7 nitrogen and oxygen atoms in total. The molecule has 32 heavy (non-hydrogen) atoms. The summed E-state index contributed by atoms with van der Waals surface area (Å²) in [5, 5.41) is 12.7. The SMILES string of the molecule is Cc1sc2c(=O)n(C)c(-c3ccccc3F)nc2c1C(C)Nc1ccc(Cl)nc1C(=O)O. The Bertz CT molecular complexity index is 1430. The van der Waals surface area contributed by atoms with Gasteiger partial charge in [0.15, 0.2) is 5.69 Å². The normalized spacial score (nSPS) is 12.2. The number of anilines is 1. The van der Waals surface area contributed by atoms with Gasteiger partial charge in [-0.15, -0.1) is 11.3 Å². The zero-order valence-electron chi connectivity index (χ0n) is 17.3. The number of fused-ring (bicyclic) bond motifs is 1. The first-order valence-electron chi connectivity index (χ1n) is 9.60. The van der Waals surface area contributed by atoms with Gasteiger partial charge in [0.25, 0.3) is 5.56 Å².